The second-order valence-electron chi connectivity index (χ2n) is 6.10. The van der Waals surface area contributed by atoms with Gasteiger partial charge in [-0.15, -0.1) is 0 Å². The number of hydrogen-bond acceptors (Lipinski definition) is 4. The van der Waals surface area contributed by atoms with Gasteiger partial charge in [0.25, 0.3) is 5.91 Å². The summed E-state index contributed by atoms with van der Waals surface area (Å²) in [4.78, 5) is 25.6. The molecule has 1 aliphatic rings. The van der Waals surface area contributed by atoms with Gasteiger partial charge in [0.2, 0.25) is 0 Å². The summed E-state index contributed by atoms with van der Waals surface area (Å²) in [6.45, 7) is 2.29. The molecule has 0 spiro atoms. The van der Waals surface area contributed by atoms with Crippen LogP contribution in [0.1, 0.15) is 13.3 Å². The number of carbonyl (C=O) groups is 2. The molecule has 6 heteroatoms. The molecule has 1 N–H and O–H groups in total. The van der Waals surface area contributed by atoms with E-state index in [9.17, 15) is 9.59 Å². The summed E-state index contributed by atoms with van der Waals surface area (Å²) >= 11 is 1.69. The summed E-state index contributed by atoms with van der Waals surface area (Å²) in [5.41, 5.74) is 0. The Kier molecular flexibility index (Phi) is 5.48. The van der Waals surface area contributed by atoms with Gasteiger partial charge in [0.05, 0.1) is 12.5 Å². The Balaban J connectivity index is 1.76. The molecule has 2 aromatic rings. The highest BCUT2D eigenvalue weighted by molar-refractivity contribution is 7.99. The average Bonchev–Trinajstić information content (AvgIpc) is 2.61. The van der Waals surface area contributed by atoms with Crippen molar-refractivity contribution >= 4 is 34.4 Å². The van der Waals surface area contributed by atoms with Crippen LogP contribution in [0.2, 0.25) is 0 Å². The maximum Gasteiger partial charge on any atom is 0.305 e. The summed E-state index contributed by atoms with van der Waals surface area (Å²) in [6.07, 6.45) is -0.690. The number of carbonyl (C=O) groups excluding carboxylic acids is 1. The monoisotopic (exact) mass is 359 g/mol. The Bertz CT molecular complexity index is 774. The standard InChI is InChI=1S/C19H21NO4S/c1-13(19(23)20-9-10-25-12-15(20)11-18(21)22)24-17-8-4-6-14-5-2-3-7-16(14)17/h2-8,13,15H,9-12H2,1H3,(H,21,22). The maximum atomic E-state index is 12.8. The molecule has 1 aliphatic heterocycles. The van der Waals surface area contributed by atoms with Gasteiger partial charge < -0.3 is 14.7 Å². The molecule has 2 aromatic carbocycles. The molecule has 0 bridgehead atoms. The van der Waals surface area contributed by atoms with Gasteiger partial charge in [-0.1, -0.05) is 36.4 Å². The number of ether oxygens (including phenoxy) is 1. The lowest BCUT2D eigenvalue weighted by molar-refractivity contribution is -0.143. The third-order valence-electron chi connectivity index (χ3n) is 4.32. The summed E-state index contributed by atoms with van der Waals surface area (Å²) in [5, 5.41) is 11.1. The van der Waals surface area contributed by atoms with Gasteiger partial charge in [0, 0.05) is 23.4 Å². The zero-order valence-electron chi connectivity index (χ0n) is 14.1. The predicted molar refractivity (Wildman–Crippen MR) is 99.1 cm³/mol. The predicted octanol–water partition coefficient (Wildman–Crippen LogP) is 3.03. The van der Waals surface area contributed by atoms with Gasteiger partial charge in [-0.2, -0.15) is 11.8 Å². The summed E-state index contributed by atoms with van der Waals surface area (Å²) in [5.74, 6) is 1.11. The largest absolute Gasteiger partial charge is 0.481 e. The molecule has 1 fully saturated rings. The molecule has 0 aliphatic carbocycles. The minimum atomic E-state index is -0.882. The Labute approximate surface area is 151 Å². The van der Waals surface area contributed by atoms with E-state index in [4.69, 9.17) is 9.84 Å². The lowest BCUT2D eigenvalue weighted by Crippen LogP contribution is -2.51. The first-order valence-corrected chi connectivity index (χ1v) is 9.46. The maximum absolute atomic E-state index is 12.8. The smallest absolute Gasteiger partial charge is 0.305 e. The number of carboxylic acids is 1. The SMILES string of the molecule is CC(Oc1cccc2ccccc12)C(=O)N1CCSCC1CC(=O)O. The fraction of sp³-hybridized carbons (Fsp3) is 0.368. The molecule has 0 aromatic heterocycles. The first-order chi connectivity index (χ1) is 12.1. The highest BCUT2D eigenvalue weighted by Gasteiger charge is 2.32. The van der Waals surface area contributed by atoms with Crippen molar-refractivity contribution in [2.75, 3.05) is 18.1 Å². The average molecular weight is 359 g/mol. The molecular formula is C19H21NO4S. The van der Waals surface area contributed by atoms with Gasteiger partial charge in [-0.25, -0.2) is 0 Å². The van der Waals surface area contributed by atoms with E-state index in [-0.39, 0.29) is 18.4 Å². The number of hydrogen-bond donors (Lipinski definition) is 1. The van der Waals surface area contributed by atoms with Crippen molar-refractivity contribution in [2.45, 2.75) is 25.5 Å². The normalized spacial score (nSPS) is 18.8. The molecule has 1 amide bonds. The van der Waals surface area contributed by atoms with E-state index in [1.165, 1.54) is 0 Å². The molecule has 0 saturated carbocycles. The molecule has 1 saturated heterocycles. The van der Waals surface area contributed by atoms with Crippen LogP contribution in [-0.4, -0.2) is 52.1 Å². The number of benzene rings is 2. The van der Waals surface area contributed by atoms with Gasteiger partial charge in [-0.3, -0.25) is 9.59 Å². The number of carboxylic acid groups (broad SMARTS) is 1. The van der Waals surface area contributed by atoms with Crippen LogP contribution in [0.3, 0.4) is 0 Å². The van der Waals surface area contributed by atoms with Gasteiger partial charge >= 0.3 is 5.97 Å². The van der Waals surface area contributed by atoms with Crippen LogP contribution in [0.25, 0.3) is 10.8 Å². The summed E-state index contributed by atoms with van der Waals surface area (Å²) in [7, 11) is 0. The Morgan fingerprint density at radius 3 is 2.84 bits per heavy atom. The molecule has 2 unspecified atom stereocenters. The molecule has 3 rings (SSSR count). The fourth-order valence-electron chi connectivity index (χ4n) is 3.09. The summed E-state index contributed by atoms with van der Waals surface area (Å²) in [6, 6.07) is 13.3. The van der Waals surface area contributed by atoms with Crippen LogP contribution in [0.4, 0.5) is 0 Å². The van der Waals surface area contributed by atoms with Crippen LogP contribution in [0.5, 0.6) is 5.75 Å². The van der Waals surface area contributed by atoms with Crippen molar-refractivity contribution in [1.82, 2.24) is 4.90 Å². The third-order valence-corrected chi connectivity index (χ3v) is 5.41. The Morgan fingerprint density at radius 2 is 2.04 bits per heavy atom. The molecule has 25 heavy (non-hydrogen) atoms. The second-order valence-corrected chi connectivity index (χ2v) is 7.25. The highest BCUT2D eigenvalue weighted by atomic mass is 32.2. The van der Waals surface area contributed by atoms with Crippen molar-refractivity contribution in [1.29, 1.82) is 0 Å². The lowest BCUT2D eigenvalue weighted by Gasteiger charge is -2.36. The number of rotatable bonds is 5. The van der Waals surface area contributed by atoms with Gasteiger partial charge in [0.1, 0.15) is 5.75 Å². The van der Waals surface area contributed by atoms with E-state index in [0.29, 0.717) is 18.0 Å². The number of amides is 1. The highest BCUT2D eigenvalue weighted by Crippen LogP contribution is 2.27. The molecule has 5 nitrogen and oxygen atoms in total. The van der Waals surface area contributed by atoms with E-state index in [1.807, 2.05) is 42.5 Å². The third kappa shape index (κ3) is 4.07. The van der Waals surface area contributed by atoms with Crippen molar-refractivity contribution in [2.24, 2.45) is 0 Å². The van der Waals surface area contributed by atoms with E-state index >= 15 is 0 Å². The van der Waals surface area contributed by atoms with E-state index < -0.39 is 12.1 Å². The van der Waals surface area contributed by atoms with Crippen LogP contribution in [-0.2, 0) is 9.59 Å². The second kappa shape index (κ2) is 7.78. The zero-order valence-corrected chi connectivity index (χ0v) is 14.9. The van der Waals surface area contributed by atoms with E-state index in [1.54, 1.807) is 23.6 Å². The summed E-state index contributed by atoms with van der Waals surface area (Å²) < 4.78 is 5.95. The first-order valence-electron chi connectivity index (χ1n) is 8.30. The first kappa shape index (κ1) is 17.6. The van der Waals surface area contributed by atoms with Crippen molar-refractivity contribution in [3.8, 4) is 5.75 Å². The van der Waals surface area contributed by atoms with Crippen molar-refractivity contribution in [3.05, 3.63) is 42.5 Å². The topological polar surface area (TPSA) is 66.8 Å². The Hall–Kier alpha value is -2.21. The lowest BCUT2D eigenvalue weighted by atomic mass is 10.1. The molecule has 1 heterocycles. The number of nitrogens with zero attached hydrogens (tertiary/aromatic N) is 1. The number of aliphatic carboxylic acids is 1. The minimum Gasteiger partial charge on any atom is -0.481 e. The van der Waals surface area contributed by atoms with E-state index in [0.717, 1.165) is 16.5 Å². The van der Waals surface area contributed by atoms with Crippen LogP contribution in [0, 0.1) is 0 Å². The van der Waals surface area contributed by atoms with Crippen LogP contribution in [0.15, 0.2) is 42.5 Å². The molecular weight excluding hydrogens is 338 g/mol. The quantitative estimate of drug-likeness (QED) is 0.889. The number of thioether (sulfide) groups is 1. The molecule has 2 atom stereocenters. The van der Waals surface area contributed by atoms with Gasteiger partial charge in [-0.05, 0) is 18.4 Å². The van der Waals surface area contributed by atoms with Crippen molar-refractivity contribution < 1.29 is 19.4 Å². The minimum absolute atomic E-state index is 0.0280. The van der Waals surface area contributed by atoms with Crippen LogP contribution >= 0.6 is 11.8 Å². The molecule has 132 valence electrons. The Morgan fingerprint density at radius 1 is 1.28 bits per heavy atom. The fourth-order valence-corrected chi connectivity index (χ4v) is 4.15. The van der Waals surface area contributed by atoms with Crippen molar-refractivity contribution in [3.63, 3.8) is 0 Å². The number of fused-ring (bicyclic) bond motifs is 1. The zero-order chi connectivity index (χ0) is 17.8. The van der Waals surface area contributed by atoms with Gasteiger partial charge in [0.15, 0.2) is 6.10 Å². The van der Waals surface area contributed by atoms with E-state index in [2.05, 4.69) is 0 Å². The van der Waals surface area contributed by atoms with Crippen LogP contribution < -0.4 is 4.74 Å². The molecule has 0 radical (unpaired) electrons.